The van der Waals surface area contributed by atoms with Gasteiger partial charge in [0.05, 0.1) is 6.61 Å². The molecule has 3 nitrogen and oxygen atoms in total. The van der Waals surface area contributed by atoms with Crippen molar-refractivity contribution in [1.29, 1.82) is 0 Å². The van der Waals surface area contributed by atoms with Crippen LogP contribution in [0.25, 0.3) is 0 Å². The van der Waals surface area contributed by atoms with Gasteiger partial charge in [0.15, 0.2) is 18.9 Å². The summed E-state index contributed by atoms with van der Waals surface area (Å²) in [6.45, 7) is 1.51. The van der Waals surface area contributed by atoms with Crippen LogP contribution in [0.5, 0.6) is 5.75 Å². The van der Waals surface area contributed by atoms with E-state index in [1.54, 1.807) is 0 Å². The number of anilines is 1. The fourth-order valence-corrected chi connectivity index (χ4v) is 2.41. The van der Waals surface area contributed by atoms with Crippen molar-refractivity contribution in [1.82, 2.24) is 0 Å². The van der Waals surface area contributed by atoms with Crippen molar-refractivity contribution in [2.75, 3.05) is 12.3 Å². The Morgan fingerprint density at radius 3 is 2.12 bits per heavy atom. The van der Waals surface area contributed by atoms with E-state index in [2.05, 4.69) is 41.0 Å². The first kappa shape index (κ1) is 18.0. The Balaban J connectivity index is 0.00000208. The van der Waals surface area contributed by atoms with Crippen molar-refractivity contribution in [3.05, 3.63) is 90.3 Å². The highest BCUT2D eigenvalue weighted by Gasteiger charge is 2.03. The molecule has 2 aromatic carbocycles. The zero-order chi connectivity index (χ0) is 15.9. The molecule has 0 aliphatic carbocycles. The summed E-state index contributed by atoms with van der Waals surface area (Å²) in [6.07, 6.45) is 4.89. The molecule has 0 fully saturated rings. The van der Waals surface area contributed by atoms with E-state index in [-0.39, 0.29) is 17.0 Å². The van der Waals surface area contributed by atoms with E-state index >= 15 is 0 Å². The van der Waals surface area contributed by atoms with Crippen LogP contribution in [0.1, 0.15) is 11.1 Å². The third-order valence-electron chi connectivity index (χ3n) is 3.71. The number of benzene rings is 2. The van der Waals surface area contributed by atoms with E-state index in [9.17, 15) is 0 Å². The molecule has 0 aliphatic rings. The summed E-state index contributed by atoms with van der Waals surface area (Å²) < 4.78 is 7.91. The molecule has 4 heteroatoms. The highest BCUT2D eigenvalue weighted by Crippen LogP contribution is 2.13. The molecule has 1 aromatic heterocycles. The summed E-state index contributed by atoms with van der Waals surface area (Å²) in [5, 5.41) is 0. The standard InChI is InChI=1S/C20H20N2O.BrH/c21-19-10-13-22(14-11-19)16-18-6-8-20(9-7-18)23-15-12-17-4-2-1-3-5-17;/h1-11,13-14,21H,12,15-16H2;1H. The van der Waals surface area contributed by atoms with E-state index in [4.69, 9.17) is 10.5 Å². The second-order valence-electron chi connectivity index (χ2n) is 5.53. The predicted molar refractivity (Wildman–Crippen MR) is 92.2 cm³/mol. The molecule has 0 spiro atoms. The van der Waals surface area contributed by atoms with Gasteiger partial charge in [0, 0.05) is 29.8 Å². The molecule has 0 unspecified atom stereocenters. The van der Waals surface area contributed by atoms with E-state index < -0.39 is 0 Å². The molecule has 0 amide bonds. The lowest BCUT2D eigenvalue weighted by Crippen LogP contribution is -3.00. The Hall–Kier alpha value is -2.33. The number of nitrogens with two attached hydrogens (primary N) is 1. The van der Waals surface area contributed by atoms with Gasteiger partial charge >= 0.3 is 0 Å². The number of nitrogen functional groups attached to an aromatic ring is 1. The van der Waals surface area contributed by atoms with Crippen molar-refractivity contribution in [2.24, 2.45) is 0 Å². The van der Waals surface area contributed by atoms with Crippen LogP contribution in [0, 0.1) is 0 Å². The zero-order valence-electron chi connectivity index (χ0n) is 13.4. The molecule has 0 aliphatic heterocycles. The number of pyridine rings is 1. The van der Waals surface area contributed by atoms with Gasteiger partial charge in [-0.2, -0.15) is 0 Å². The number of hydrogen-bond acceptors (Lipinski definition) is 2. The first-order valence-electron chi connectivity index (χ1n) is 7.80. The molecule has 24 heavy (non-hydrogen) atoms. The molecule has 1 heterocycles. The minimum Gasteiger partial charge on any atom is -1.00 e. The van der Waals surface area contributed by atoms with E-state index in [0.717, 1.165) is 24.4 Å². The Labute approximate surface area is 153 Å². The topological polar surface area (TPSA) is 39.1 Å². The highest BCUT2D eigenvalue weighted by molar-refractivity contribution is 5.32. The minimum absolute atomic E-state index is 0. The van der Waals surface area contributed by atoms with Crippen LogP contribution >= 0.6 is 0 Å². The van der Waals surface area contributed by atoms with Gasteiger partial charge in [-0.1, -0.05) is 30.3 Å². The molecule has 3 aromatic rings. The average molecular weight is 385 g/mol. The van der Waals surface area contributed by atoms with E-state index in [0.29, 0.717) is 6.61 Å². The Kier molecular flexibility index (Phi) is 6.82. The molecule has 124 valence electrons. The summed E-state index contributed by atoms with van der Waals surface area (Å²) in [5.41, 5.74) is 9.01. The Bertz CT molecular complexity index is 728. The minimum atomic E-state index is 0. The first-order chi connectivity index (χ1) is 11.3. The summed E-state index contributed by atoms with van der Waals surface area (Å²) >= 11 is 0. The maximum atomic E-state index is 5.81. The van der Waals surface area contributed by atoms with Crippen LogP contribution in [0.3, 0.4) is 0 Å². The molecule has 0 atom stereocenters. The molecule has 0 bridgehead atoms. The zero-order valence-corrected chi connectivity index (χ0v) is 15.0. The second-order valence-corrected chi connectivity index (χ2v) is 5.53. The van der Waals surface area contributed by atoms with Gasteiger partial charge in [0.2, 0.25) is 0 Å². The van der Waals surface area contributed by atoms with Gasteiger partial charge in [-0.15, -0.1) is 0 Å². The maximum absolute atomic E-state index is 5.81. The SMILES string of the molecule is Nc1cc[n+](Cc2ccc(OCCc3ccccc3)cc2)cc1.[Br-]. The third kappa shape index (κ3) is 5.39. The molecule has 3 rings (SSSR count). The van der Waals surface area contributed by atoms with Gasteiger partial charge < -0.3 is 27.5 Å². The van der Waals surface area contributed by atoms with Crippen molar-refractivity contribution < 1.29 is 26.3 Å². The normalized spacial score (nSPS) is 10.0. The molecule has 0 saturated heterocycles. The molecule has 0 saturated carbocycles. The predicted octanol–water partition coefficient (Wildman–Crippen LogP) is 0.230. The smallest absolute Gasteiger partial charge is 0.173 e. The van der Waals surface area contributed by atoms with Crippen LogP contribution in [0.4, 0.5) is 5.69 Å². The number of ether oxygens (including phenoxy) is 1. The number of nitrogens with zero attached hydrogens (tertiary/aromatic N) is 1. The number of rotatable bonds is 6. The van der Waals surface area contributed by atoms with Gasteiger partial charge in [0.1, 0.15) is 5.75 Å². The lowest BCUT2D eigenvalue weighted by atomic mass is 10.2. The van der Waals surface area contributed by atoms with Crippen LogP contribution in [0.2, 0.25) is 0 Å². The first-order valence-corrected chi connectivity index (χ1v) is 7.80. The highest BCUT2D eigenvalue weighted by atomic mass is 79.9. The van der Waals surface area contributed by atoms with Crippen LogP contribution < -0.4 is 32.0 Å². The summed E-state index contributed by atoms with van der Waals surface area (Å²) in [4.78, 5) is 0. The molecule has 0 radical (unpaired) electrons. The number of hydrogen-bond donors (Lipinski definition) is 1. The van der Waals surface area contributed by atoms with Gasteiger partial charge in [-0.25, -0.2) is 4.57 Å². The van der Waals surface area contributed by atoms with E-state index in [1.807, 2.05) is 42.7 Å². The lowest BCUT2D eigenvalue weighted by molar-refractivity contribution is -0.688. The molecular formula is C20H21BrN2O. The fraction of sp³-hybridized carbons (Fsp3) is 0.150. The maximum Gasteiger partial charge on any atom is 0.173 e. The largest absolute Gasteiger partial charge is 1.00 e. The second kappa shape index (κ2) is 9.08. The van der Waals surface area contributed by atoms with Crippen LogP contribution in [0.15, 0.2) is 79.1 Å². The lowest BCUT2D eigenvalue weighted by Gasteiger charge is -2.07. The van der Waals surface area contributed by atoms with Crippen molar-refractivity contribution in [2.45, 2.75) is 13.0 Å². The monoisotopic (exact) mass is 384 g/mol. The summed E-state index contributed by atoms with van der Waals surface area (Å²) in [6, 6.07) is 22.4. The molecular weight excluding hydrogens is 364 g/mol. The summed E-state index contributed by atoms with van der Waals surface area (Å²) in [5.74, 6) is 0.909. The average Bonchev–Trinajstić information content (AvgIpc) is 2.59. The van der Waals surface area contributed by atoms with Gasteiger partial charge in [-0.3, -0.25) is 0 Å². The quantitative estimate of drug-likeness (QED) is 0.618. The molecule has 2 N–H and O–H groups in total. The van der Waals surface area contributed by atoms with Gasteiger partial charge in [0.25, 0.3) is 0 Å². The summed E-state index contributed by atoms with van der Waals surface area (Å²) in [7, 11) is 0. The number of halogens is 1. The van der Waals surface area contributed by atoms with Gasteiger partial charge in [-0.05, 0) is 29.8 Å². The number of aromatic nitrogens is 1. The van der Waals surface area contributed by atoms with Crippen molar-refractivity contribution in [3.63, 3.8) is 0 Å². The van der Waals surface area contributed by atoms with Crippen molar-refractivity contribution in [3.8, 4) is 5.75 Å². The van der Waals surface area contributed by atoms with Crippen LogP contribution in [-0.2, 0) is 13.0 Å². The van der Waals surface area contributed by atoms with E-state index in [1.165, 1.54) is 11.1 Å². The Morgan fingerprint density at radius 1 is 0.792 bits per heavy atom. The van der Waals surface area contributed by atoms with Crippen LogP contribution in [-0.4, -0.2) is 6.61 Å². The van der Waals surface area contributed by atoms with Crippen molar-refractivity contribution >= 4 is 5.69 Å². The third-order valence-corrected chi connectivity index (χ3v) is 3.71. The fourth-order valence-electron chi connectivity index (χ4n) is 2.41. The Morgan fingerprint density at radius 2 is 1.46 bits per heavy atom.